The number of nitrogens with one attached hydrogen (secondary N) is 1. The van der Waals surface area contributed by atoms with Gasteiger partial charge in [0.1, 0.15) is 0 Å². The molecule has 1 aromatic carbocycles. The van der Waals surface area contributed by atoms with E-state index >= 15 is 0 Å². The second kappa shape index (κ2) is 5.96. The Labute approximate surface area is 118 Å². The number of benzene rings is 1. The maximum Gasteiger partial charge on any atom is 0.170 e. The molecule has 0 spiro atoms. The third-order valence-electron chi connectivity index (χ3n) is 3.26. The summed E-state index contributed by atoms with van der Waals surface area (Å²) in [7, 11) is 3.25. The van der Waals surface area contributed by atoms with E-state index < -0.39 is 0 Å². The molecule has 1 atom stereocenters. The number of rotatable bonds is 4. The zero-order chi connectivity index (χ0) is 14.7. The van der Waals surface area contributed by atoms with Crippen molar-refractivity contribution in [3.63, 3.8) is 0 Å². The Bertz CT molecular complexity index is 616. The van der Waals surface area contributed by atoms with E-state index in [4.69, 9.17) is 4.74 Å². The predicted octanol–water partition coefficient (Wildman–Crippen LogP) is 2.55. The van der Waals surface area contributed by atoms with Crippen molar-refractivity contribution in [1.82, 2.24) is 15.5 Å². The lowest BCUT2D eigenvalue weighted by Gasteiger charge is -2.20. The lowest BCUT2D eigenvalue weighted by molar-refractivity contribution is 0.382. The Morgan fingerprint density at radius 3 is 2.60 bits per heavy atom. The normalized spacial score (nSPS) is 12.2. The third kappa shape index (κ3) is 2.63. The zero-order valence-electron chi connectivity index (χ0n) is 12.1. The Balaban J connectivity index is 2.55. The summed E-state index contributed by atoms with van der Waals surface area (Å²) in [6.45, 7) is 3.73. The zero-order valence-corrected chi connectivity index (χ0v) is 12.1. The van der Waals surface area contributed by atoms with Crippen molar-refractivity contribution < 1.29 is 9.13 Å². The maximum absolute atomic E-state index is 14.4. The van der Waals surface area contributed by atoms with Crippen LogP contribution in [0.15, 0.2) is 24.3 Å². The molecule has 0 bridgehead atoms. The highest BCUT2D eigenvalue weighted by molar-refractivity contribution is 5.39. The molecule has 4 nitrogen and oxygen atoms in total. The summed E-state index contributed by atoms with van der Waals surface area (Å²) in [6, 6.07) is 6.75. The molecule has 0 amide bonds. The molecule has 1 heterocycles. The number of hydrogen-bond donors (Lipinski definition) is 1. The van der Waals surface area contributed by atoms with Gasteiger partial charge in [-0.3, -0.25) is 0 Å². The van der Waals surface area contributed by atoms with Crippen molar-refractivity contribution in [3.05, 3.63) is 52.6 Å². The minimum atomic E-state index is -0.358. The average Bonchev–Trinajstić information content (AvgIpc) is 2.45. The summed E-state index contributed by atoms with van der Waals surface area (Å²) in [5.74, 6) is -0.123. The highest BCUT2D eigenvalue weighted by Crippen LogP contribution is 2.30. The van der Waals surface area contributed by atoms with Crippen LogP contribution in [0.4, 0.5) is 4.39 Å². The van der Waals surface area contributed by atoms with Crippen LogP contribution in [0.3, 0.4) is 0 Å². The number of ether oxygens (including phenoxy) is 1. The summed E-state index contributed by atoms with van der Waals surface area (Å²) in [4.78, 5) is 0. The first kappa shape index (κ1) is 14.4. The topological polar surface area (TPSA) is 47.0 Å². The van der Waals surface area contributed by atoms with Gasteiger partial charge in [-0.05, 0) is 38.6 Å². The molecule has 1 N–H and O–H groups in total. The fraction of sp³-hybridized carbons (Fsp3) is 0.333. The molecule has 0 aliphatic carbocycles. The summed E-state index contributed by atoms with van der Waals surface area (Å²) in [5.41, 5.74) is 3.01. The molecule has 0 aliphatic rings. The smallest absolute Gasteiger partial charge is 0.170 e. The van der Waals surface area contributed by atoms with E-state index in [1.54, 1.807) is 25.2 Å². The highest BCUT2D eigenvalue weighted by atomic mass is 19.1. The van der Waals surface area contributed by atoms with Crippen LogP contribution >= 0.6 is 0 Å². The number of hydrogen-bond acceptors (Lipinski definition) is 4. The minimum absolute atomic E-state index is 0.235. The Morgan fingerprint density at radius 1 is 1.20 bits per heavy atom. The van der Waals surface area contributed by atoms with Gasteiger partial charge in [-0.2, -0.15) is 10.2 Å². The van der Waals surface area contributed by atoms with Crippen molar-refractivity contribution in [3.8, 4) is 5.75 Å². The fourth-order valence-electron chi connectivity index (χ4n) is 2.25. The molecule has 0 saturated carbocycles. The van der Waals surface area contributed by atoms with Crippen LogP contribution in [0.5, 0.6) is 5.75 Å². The first-order valence-corrected chi connectivity index (χ1v) is 6.39. The summed E-state index contributed by atoms with van der Waals surface area (Å²) >= 11 is 0. The van der Waals surface area contributed by atoms with Gasteiger partial charge in [-0.15, -0.1) is 0 Å². The van der Waals surface area contributed by atoms with Gasteiger partial charge in [-0.1, -0.05) is 12.1 Å². The van der Waals surface area contributed by atoms with E-state index in [0.29, 0.717) is 5.56 Å². The van der Waals surface area contributed by atoms with Crippen LogP contribution in [0.1, 0.15) is 28.6 Å². The second-order valence-electron chi connectivity index (χ2n) is 4.61. The minimum Gasteiger partial charge on any atom is -0.494 e. The van der Waals surface area contributed by atoms with Gasteiger partial charge in [0.25, 0.3) is 0 Å². The van der Waals surface area contributed by atoms with Crippen LogP contribution in [-0.4, -0.2) is 24.4 Å². The molecule has 20 heavy (non-hydrogen) atoms. The molecule has 106 valence electrons. The van der Waals surface area contributed by atoms with Crippen LogP contribution in [0.2, 0.25) is 0 Å². The van der Waals surface area contributed by atoms with E-state index in [1.807, 2.05) is 19.9 Å². The predicted molar refractivity (Wildman–Crippen MR) is 75.4 cm³/mol. The van der Waals surface area contributed by atoms with Gasteiger partial charge >= 0.3 is 0 Å². The highest BCUT2D eigenvalue weighted by Gasteiger charge is 2.21. The molecule has 0 fully saturated rings. The fourth-order valence-corrected chi connectivity index (χ4v) is 2.25. The molecular formula is C15H18FN3O. The average molecular weight is 275 g/mol. The van der Waals surface area contributed by atoms with Crippen LogP contribution in [-0.2, 0) is 0 Å². The van der Waals surface area contributed by atoms with E-state index in [2.05, 4.69) is 15.5 Å². The van der Waals surface area contributed by atoms with Crippen molar-refractivity contribution in [2.45, 2.75) is 19.9 Å². The quantitative estimate of drug-likeness (QED) is 0.931. The van der Waals surface area contributed by atoms with Gasteiger partial charge < -0.3 is 10.1 Å². The molecule has 0 aliphatic heterocycles. The van der Waals surface area contributed by atoms with E-state index in [9.17, 15) is 4.39 Å². The maximum atomic E-state index is 14.4. The van der Waals surface area contributed by atoms with Gasteiger partial charge in [0.2, 0.25) is 0 Å². The van der Waals surface area contributed by atoms with Crippen molar-refractivity contribution >= 4 is 0 Å². The molecular weight excluding hydrogens is 257 g/mol. The van der Waals surface area contributed by atoms with Gasteiger partial charge in [-0.25, -0.2) is 4.39 Å². The largest absolute Gasteiger partial charge is 0.494 e. The Hall–Kier alpha value is -2.01. The van der Waals surface area contributed by atoms with Crippen molar-refractivity contribution in [2.24, 2.45) is 0 Å². The van der Waals surface area contributed by atoms with E-state index in [0.717, 1.165) is 17.0 Å². The second-order valence-corrected chi connectivity index (χ2v) is 4.61. The number of aryl methyl sites for hydroxylation is 2. The summed E-state index contributed by atoms with van der Waals surface area (Å²) in [6.07, 6.45) is 0. The Morgan fingerprint density at radius 2 is 1.95 bits per heavy atom. The monoisotopic (exact) mass is 275 g/mol. The van der Waals surface area contributed by atoms with Crippen LogP contribution in [0.25, 0.3) is 0 Å². The molecule has 2 rings (SSSR count). The first-order valence-electron chi connectivity index (χ1n) is 6.39. The lowest BCUT2D eigenvalue weighted by atomic mass is 9.97. The number of methoxy groups -OCH3 is 1. The van der Waals surface area contributed by atoms with Crippen molar-refractivity contribution in [1.29, 1.82) is 0 Å². The Kier molecular flexibility index (Phi) is 4.29. The number of aromatic nitrogens is 2. The molecule has 0 saturated heterocycles. The van der Waals surface area contributed by atoms with E-state index in [1.165, 1.54) is 7.11 Å². The third-order valence-corrected chi connectivity index (χ3v) is 3.26. The van der Waals surface area contributed by atoms with Crippen molar-refractivity contribution in [2.75, 3.05) is 14.2 Å². The molecule has 1 unspecified atom stereocenters. The SMILES string of the molecule is CNC(c1cc(C)nnc1C)c1cccc(OC)c1F. The lowest BCUT2D eigenvalue weighted by Crippen LogP contribution is -2.21. The van der Waals surface area contributed by atoms with Gasteiger partial charge in [0, 0.05) is 5.56 Å². The van der Waals surface area contributed by atoms with Crippen LogP contribution in [0, 0.1) is 19.7 Å². The van der Waals surface area contributed by atoms with Crippen LogP contribution < -0.4 is 10.1 Å². The number of nitrogens with zero attached hydrogens (tertiary/aromatic N) is 2. The number of halogens is 1. The molecule has 2 aromatic rings. The molecule has 1 aromatic heterocycles. The first-order chi connectivity index (χ1) is 9.58. The van der Waals surface area contributed by atoms with Gasteiger partial charge in [0.05, 0.1) is 24.5 Å². The molecule has 0 radical (unpaired) electrons. The molecule has 5 heteroatoms. The van der Waals surface area contributed by atoms with Gasteiger partial charge in [0.15, 0.2) is 11.6 Å². The summed E-state index contributed by atoms with van der Waals surface area (Å²) in [5, 5.41) is 11.2. The van der Waals surface area contributed by atoms with E-state index in [-0.39, 0.29) is 17.6 Å². The summed E-state index contributed by atoms with van der Waals surface area (Å²) < 4.78 is 19.5. The standard InChI is InChI=1S/C15H18FN3O/c1-9-8-12(10(2)19-18-9)15(17-3)11-6-5-7-13(20-4)14(11)16/h5-8,15,17H,1-4H3.